The molecule has 0 amide bonds. The second-order valence-electron chi connectivity index (χ2n) is 5.23. The van der Waals surface area contributed by atoms with Crippen molar-refractivity contribution in [3.63, 3.8) is 0 Å². The van der Waals surface area contributed by atoms with Gasteiger partial charge in [-0.2, -0.15) is 0 Å². The minimum Gasteiger partial charge on any atom is -0.494 e. The summed E-state index contributed by atoms with van der Waals surface area (Å²) in [7, 11) is -1.70. The number of fused-ring (bicyclic) bond motifs is 1. The molecule has 1 unspecified atom stereocenters. The number of rotatable bonds is 2. The summed E-state index contributed by atoms with van der Waals surface area (Å²) < 4.78 is 44.0. The van der Waals surface area contributed by atoms with E-state index >= 15 is 0 Å². The normalized spacial score (nSPS) is 21.5. The van der Waals surface area contributed by atoms with Crippen molar-refractivity contribution in [1.29, 1.82) is 0 Å². The molecule has 0 aliphatic carbocycles. The van der Waals surface area contributed by atoms with E-state index in [0.29, 0.717) is 23.9 Å². The number of imidazole rings is 1. The number of nitrogens with two attached hydrogens (primary N) is 1. The molecule has 0 spiro atoms. The maximum Gasteiger partial charge on any atom is 0.201 e. The van der Waals surface area contributed by atoms with Gasteiger partial charge in [-0.05, 0) is 12.8 Å². The zero-order valence-corrected chi connectivity index (χ0v) is 12.4. The Morgan fingerprint density at radius 3 is 2.90 bits per heavy atom. The lowest BCUT2D eigenvalue weighted by Gasteiger charge is -2.24. The second-order valence-corrected chi connectivity index (χ2v) is 7.45. The minimum absolute atomic E-state index is 0.0301. The van der Waals surface area contributed by atoms with E-state index < -0.39 is 15.7 Å². The summed E-state index contributed by atoms with van der Waals surface area (Å²) in [5.74, 6) is -0.0101. The zero-order chi connectivity index (χ0) is 15.2. The maximum absolute atomic E-state index is 13.7. The highest BCUT2D eigenvalue weighted by Gasteiger charge is 2.28. The number of hydrogen-bond acceptors (Lipinski definition) is 5. The number of ether oxygens (including phenoxy) is 1. The average molecular weight is 313 g/mol. The number of anilines is 1. The van der Waals surface area contributed by atoms with Gasteiger partial charge in [0.1, 0.15) is 0 Å². The van der Waals surface area contributed by atoms with Crippen LogP contribution in [0, 0.1) is 5.82 Å². The smallest absolute Gasteiger partial charge is 0.201 e. The largest absolute Gasteiger partial charge is 0.494 e. The van der Waals surface area contributed by atoms with E-state index in [1.807, 2.05) is 0 Å². The van der Waals surface area contributed by atoms with Crippen LogP contribution in [0.25, 0.3) is 11.0 Å². The van der Waals surface area contributed by atoms with Gasteiger partial charge >= 0.3 is 0 Å². The van der Waals surface area contributed by atoms with Gasteiger partial charge in [0.2, 0.25) is 5.95 Å². The van der Waals surface area contributed by atoms with Crippen LogP contribution in [-0.4, -0.2) is 36.6 Å². The molecule has 8 heteroatoms. The van der Waals surface area contributed by atoms with Crippen molar-refractivity contribution in [2.24, 2.45) is 0 Å². The third-order valence-corrected chi connectivity index (χ3v) is 5.60. The monoisotopic (exact) mass is 313 g/mol. The van der Waals surface area contributed by atoms with Crippen LogP contribution >= 0.6 is 0 Å². The lowest BCUT2D eigenvalue weighted by Crippen LogP contribution is -2.28. The molecule has 1 aliphatic heterocycles. The van der Waals surface area contributed by atoms with Crippen LogP contribution in [-0.2, 0) is 9.84 Å². The SMILES string of the molecule is COc1cc2c(cc1F)nc(N)n2C1CCCS(=O)(=O)C1. The van der Waals surface area contributed by atoms with Gasteiger partial charge in [-0.25, -0.2) is 17.8 Å². The summed E-state index contributed by atoms with van der Waals surface area (Å²) in [6.45, 7) is 0. The molecule has 114 valence electrons. The van der Waals surface area contributed by atoms with Gasteiger partial charge in [0.05, 0.1) is 35.7 Å². The fourth-order valence-electron chi connectivity index (χ4n) is 2.86. The van der Waals surface area contributed by atoms with Gasteiger partial charge in [-0.3, -0.25) is 0 Å². The van der Waals surface area contributed by atoms with Crippen LogP contribution in [0.2, 0.25) is 0 Å². The molecule has 1 fully saturated rings. The highest BCUT2D eigenvalue weighted by molar-refractivity contribution is 7.91. The fourth-order valence-corrected chi connectivity index (χ4v) is 4.53. The number of methoxy groups -OCH3 is 1. The molecule has 1 aromatic heterocycles. The Morgan fingerprint density at radius 2 is 2.24 bits per heavy atom. The number of nitrogen functional groups attached to an aromatic ring is 1. The minimum atomic E-state index is -3.08. The standard InChI is InChI=1S/C13H16FN3O3S/c1-20-12-6-11-10(5-9(12)14)16-13(15)17(11)8-3-2-4-21(18,19)7-8/h5-6,8H,2-4,7H2,1H3,(H2,15,16). The van der Waals surface area contributed by atoms with E-state index in [2.05, 4.69) is 4.98 Å². The van der Waals surface area contributed by atoms with E-state index in [9.17, 15) is 12.8 Å². The van der Waals surface area contributed by atoms with Gasteiger partial charge in [0.15, 0.2) is 21.4 Å². The molecule has 21 heavy (non-hydrogen) atoms. The predicted octanol–water partition coefficient (Wildman–Crippen LogP) is 1.52. The molecular weight excluding hydrogens is 297 g/mol. The molecular formula is C13H16FN3O3S. The Morgan fingerprint density at radius 1 is 1.48 bits per heavy atom. The van der Waals surface area contributed by atoms with E-state index in [1.54, 1.807) is 4.57 Å². The molecule has 0 saturated carbocycles. The molecule has 1 aliphatic rings. The number of sulfone groups is 1. The first kappa shape index (κ1) is 14.1. The summed E-state index contributed by atoms with van der Waals surface area (Å²) >= 11 is 0. The van der Waals surface area contributed by atoms with E-state index in [0.717, 1.165) is 0 Å². The Bertz CT molecular complexity index is 801. The first-order chi connectivity index (χ1) is 9.91. The molecule has 0 radical (unpaired) electrons. The van der Waals surface area contributed by atoms with Gasteiger partial charge < -0.3 is 15.0 Å². The number of halogens is 1. The molecule has 2 aromatic rings. The molecule has 2 heterocycles. The highest BCUT2D eigenvalue weighted by Crippen LogP contribution is 2.32. The number of hydrogen-bond donors (Lipinski definition) is 1. The molecule has 1 aromatic carbocycles. The van der Waals surface area contributed by atoms with Crippen LogP contribution in [0.4, 0.5) is 10.3 Å². The van der Waals surface area contributed by atoms with Crippen molar-refractivity contribution in [2.45, 2.75) is 18.9 Å². The van der Waals surface area contributed by atoms with Crippen molar-refractivity contribution < 1.29 is 17.5 Å². The quantitative estimate of drug-likeness (QED) is 0.908. The van der Waals surface area contributed by atoms with Crippen LogP contribution in [0.1, 0.15) is 18.9 Å². The lowest BCUT2D eigenvalue weighted by atomic mass is 10.1. The fraction of sp³-hybridized carbons (Fsp3) is 0.462. The molecule has 6 nitrogen and oxygen atoms in total. The highest BCUT2D eigenvalue weighted by atomic mass is 32.2. The molecule has 2 N–H and O–H groups in total. The summed E-state index contributed by atoms with van der Waals surface area (Å²) in [6, 6.07) is 2.48. The number of benzene rings is 1. The van der Waals surface area contributed by atoms with Gasteiger partial charge in [-0.15, -0.1) is 0 Å². The third-order valence-electron chi connectivity index (χ3n) is 3.79. The lowest BCUT2D eigenvalue weighted by molar-refractivity contribution is 0.387. The van der Waals surface area contributed by atoms with Crippen molar-refractivity contribution in [3.05, 3.63) is 17.9 Å². The van der Waals surface area contributed by atoms with Crippen LogP contribution in [0.5, 0.6) is 5.75 Å². The van der Waals surface area contributed by atoms with Crippen molar-refractivity contribution in [3.8, 4) is 5.75 Å². The van der Waals surface area contributed by atoms with E-state index in [4.69, 9.17) is 10.5 Å². The summed E-state index contributed by atoms with van der Waals surface area (Å²) in [4.78, 5) is 4.12. The molecule has 3 rings (SSSR count). The van der Waals surface area contributed by atoms with E-state index in [1.165, 1.54) is 19.2 Å². The van der Waals surface area contributed by atoms with Crippen molar-refractivity contribution in [1.82, 2.24) is 9.55 Å². The Kier molecular flexibility index (Phi) is 3.27. The summed E-state index contributed by atoms with van der Waals surface area (Å²) in [5, 5.41) is 0. The molecule has 1 saturated heterocycles. The maximum atomic E-state index is 13.7. The van der Waals surface area contributed by atoms with Crippen LogP contribution in [0.15, 0.2) is 12.1 Å². The molecule has 0 bridgehead atoms. The summed E-state index contributed by atoms with van der Waals surface area (Å²) in [5.41, 5.74) is 6.90. The Balaban J connectivity index is 2.15. The molecule has 1 atom stereocenters. The first-order valence-electron chi connectivity index (χ1n) is 6.62. The Hall–Kier alpha value is -1.83. The van der Waals surface area contributed by atoms with E-state index in [-0.39, 0.29) is 29.2 Å². The van der Waals surface area contributed by atoms with Crippen LogP contribution < -0.4 is 10.5 Å². The average Bonchev–Trinajstić information content (AvgIpc) is 2.71. The van der Waals surface area contributed by atoms with Crippen molar-refractivity contribution >= 4 is 26.8 Å². The van der Waals surface area contributed by atoms with Gasteiger partial charge in [0, 0.05) is 12.1 Å². The topological polar surface area (TPSA) is 87.2 Å². The van der Waals surface area contributed by atoms with Crippen molar-refractivity contribution in [2.75, 3.05) is 24.3 Å². The van der Waals surface area contributed by atoms with Gasteiger partial charge in [0.25, 0.3) is 0 Å². The first-order valence-corrected chi connectivity index (χ1v) is 8.45. The second kappa shape index (κ2) is 4.87. The number of aromatic nitrogens is 2. The predicted molar refractivity (Wildman–Crippen MR) is 77.6 cm³/mol. The van der Waals surface area contributed by atoms with Gasteiger partial charge in [-0.1, -0.05) is 0 Å². The summed E-state index contributed by atoms with van der Waals surface area (Å²) in [6.07, 6.45) is 1.29. The third kappa shape index (κ3) is 2.44. The van der Waals surface area contributed by atoms with Crippen LogP contribution in [0.3, 0.4) is 0 Å². The Labute approximate surface area is 121 Å². The number of nitrogens with zero attached hydrogens (tertiary/aromatic N) is 2. The zero-order valence-electron chi connectivity index (χ0n) is 11.5.